The van der Waals surface area contributed by atoms with E-state index in [2.05, 4.69) is 158 Å². The second-order valence-electron chi connectivity index (χ2n) is 12.1. The van der Waals surface area contributed by atoms with Gasteiger partial charge >= 0.3 is 0 Å². The van der Waals surface area contributed by atoms with Crippen molar-refractivity contribution in [3.05, 3.63) is 158 Å². The third kappa shape index (κ3) is 3.90. The van der Waals surface area contributed by atoms with E-state index in [9.17, 15) is 0 Å². The third-order valence-electron chi connectivity index (χ3n) is 9.43. The van der Waals surface area contributed by atoms with Gasteiger partial charge in [0.25, 0.3) is 0 Å². The Bertz CT molecular complexity index is 2660. The quantitative estimate of drug-likeness (QED) is 0.200. The van der Waals surface area contributed by atoms with Gasteiger partial charge < -0.3 is 4.42 Å². The number of rotatable bonds is 3. The molecule has 8 aromatic carbocycles. The summed E-state index contributed by atoms with van der Waals surface area (Å²) in [5.41, 5.74) is 11.7. The first kappa shape index (κ1) is 25.7. The van der Waals surface area contributed by atoms with Gasteiger partial charge in [0.2, 0.25) is 0 Å². The van der Waals surface area contributed by atoms with Gasteiger partial charge in [-0.05, 0) is 109 Å². The summed E-state index contributed by atoms with van der Waals surface area (Å²) in [4.78, 5) is 2.63. The van der Waals surface area contributed by atoms with Crippen LogP contribution in [0.15, 0.2) is 172 Å². The Morgan fingerprint density at radius 1 is 0.348 bits per heavy atom. The van der Waals surface area contributed by atoms with Crippen molar-refractivity contribution in [1.82, 2.24) is 0 Å². The molecule has 0 fully saturated rings. The molecule has 9 aromatic rings. The molecule has 0 N–H and O–H groups in total. The molecule has 0 amide bonds. The van der Waals surface area contributed by atoms with Crippen molar-refractivity contribution in [1.29, 1.82) is 0 Å². The Hall–Kier alpha value is -5.57. The molecule has 2 heterocycles. The van der Waals surface area contributed by atoms with Crippen LogP contribution in [-0.2, 0) is 0 Å². The van der Waals surface area contributed by atoms with Gasteiger partial charge in [0.15, 0.2) is 0 Å². The van der Waals surface area contributed by atoms with Gasteiger partial charge in [-0.2, -0.15) is 0 Å². The van der Waals surface area contributed by atoms with Gasteiger partial charge in [-0.15, -0.1) is 0 Å². The number of hydrogen-bond acceptors (Lipinski definition) is 2. The fourth-order valence-electron chi connectivity index (χ4n) is 7.32. The highest BCUT2D eigenvalue weighted by Crippen LogP contribution is 2.50. The van der Waals surface area contributed by atoms with Crippen LogP contribution in [0.5, 0.6) is 0 Å². The Labute approximate surface area is 270 Å². The van der Waals surface area contributed by atoms with Crippen LogP contribution in [0.4, 0.5) is 0 Å². The summed E-state index contributed by atoms with van der Waals surface area (Å²) in [6, 6.07) is 57.4. The van der Waals surface area contributed by atoms with Crippen LogP contribution in [0.2, 0.25) is 0 Å². The van der Waals surface area contributed by atoms with Crippen molar-refractivity contribution < 1.29 is 4.42 Å². The average molecular weight is 603 g/mol. The fraction of sp³-hybridized carbons (Fsp3) is 0. The summed E-state index contributed by atoms with van der Waals surface area (Å²) in [6.45, 7) is 0. The lowest BCUT2D eigenvalue weighted by Gasteiger charge is -2.22. The van der Waals surface area contributed by atoms with Gasteiger partial charge in [-0.3, -0.25) is 0 Å². The summed E-state index contributed by atoms with van der Waals surface area (Å²) in [5, 5.41) is 7.33. The van der Waals surface area contributed by atoms with Crippen LogP contribution in [0.1, 0.15) is 0 Å². The molecule has 0 atom stereocenters. The Morgan fingerprint density at radius 2 is 1.04 bits per heavy atom. The lowest BCUT2D eigenvalue weighted by molar-refractivity contribution is 0.669. The minimum Gasteiger partial charge on any atom is -0.456 e. The molecule has 1 aliphatic heterocycles. The topological polar surface area (TPSA) is 13.1 Å². The van der Waals surface area contributed by atoms with Crippen LogP contribution < -0.4 is 0 Å². The van der Waals surface area contributed by atoms with Gasteiger partial charge in [0, 0.05) is 25.9 Å². The lowest BCUT2D eigenvalue weighted by atomic mass is 9.88. The lowest BCUT2D eigenvalue weighted by Crippen LogP contribution is -1.94. The van der Waals surface area contributed by atoms with E-state index < -0.39 is 0 Å². The summed E-state index contributed by atoms with van der Waals surface area (Å²) < 4.78 is 6.48. The molecule has 0 bridgehead atoms. The maximum atomic E-state index is 6.48. The first-order valence-electron chi connectivity index (χ1n) is 15.7. The van der Waals surface area contributed by atoms with Crippen molar-refractivity contribution in [2.75, 3.05) is 0 Å². The normalized spacial score (nSPS) is 12.3. The largest absolute Gasteiger partial charge is 0.456 e. The summed E-state index contributed by atoms with van der Waals surface area (Å²) in [5.74, 6) is 0. The average Bonchev–Trinajstić information content (AvgIpc) is 3.48. The molecule has 0 spiro atoms. The summed E-state index contributed by atoms with van der Waals surface area (Å²) in [6.07, 6.45) is 0. The van der Waals surface area contributed by atoms with E-state index in [0.717, 1.165) is 21.9 Å². The summed E-state index contributed by atoms with van der Waals surface area (Å²) >= 11 is 1.87. The SMILES string of the molecule is c1ccc(-c2cc(-c3ccc4c5c(cccc35)-c3ccccc3S4)cc(-c3cccc4oc5cc6ccccc6cc5c34)c2)cc1. The molecule has 2 heteroatoms. The molecule has 46 heavy (non-hydrogen) atoms. The van der Waals surface area contributed by atoms with Gasteiger partial charge in [0.1, 0.15) is 11.2 Å². The van der Waals surface area contributed by atoms with Crippen molar-refractivity contribution in [3.8, 4) is 44.5 Å². The molecule has 1 nitrogen and oxygen atoms in total. The predicted octanol–water partition coefficient (Wildman–Crippen LogP) is 13.0. The Morgan fingerprint density at radius 3 is 1.93 bits per heavy atom. The second kappa shape index (κ2) is 9.97. The molecule has 1 aliphatic rings. The zero-order valence-electron chi connectivity index (χ0n) is 24.8. The molecule has 1 aromatic heterocycles. The molecular formula is C44H26OS. The van der Waals surface area contributed by atoms with Crippen molar-refractivity contribution >= 4 is 55.2 Å². The number of hydrogen-bond donors (Lipinski definition) is 0. The van der Waals surface area contributed by atoms with Crippen molar-refractivity contribution in [3.63, 3.8) is 0 Å². The number of fused-ring (bicyclic) bond motifs is 6. The standard InChI is InChI=1S/C44H26OS/c1-2-10-27(11-3-1)30-22-31(33-20-21-42-44-36(33)16-8-17-37(44)35-14-6-7-19-41(35)46-42)24-32(23-30)34-15-9-18-39-43(34)38-25-28-12-4-5-13-29(28)26-40(38)45-39/h1-26H. The minimum atomic E-state index is 0.909. The minimum absolute atomic E-state index is 0.909. The zero-order valence-corrected chi connectivity index (χ0v) is 25.6. The van der Waals surface area contributed by atoms with Crippen LogP contribution in [0.25, 0.3) is 88.0 Å². The van der Waals surface area contributed by atoms with E-state index in [1.807, 2.05) is 11.8 Å². The molecule has 214 valence electrons. The Kier molecular flexibility index (Phi) is 5.58. The predicted molar refractivity (Wildman–Crippen MR) is 195 cm³/mol. The van der Waals surface area contributed by atoms with E-state index in [4.69, 9.17) is 4.42 Å². The highest BCUT2D eigenvalue weighted by atomic mass is 32.2. The van der Waals surface area contributed by atoms with Crippen LogP contribution in [0.3, 0.4) is 0 Å². The van der Waals surface area contributed by atoms with Gasteiger partial charge in [-0.1, -0.05) is 121 Å². The smallest absolute Gasteiger partial charge is 0.136 e. The first-order chi connectivity index (χ1) is 22.8. The molecule has 0 aliphatic carbocycles. The van der Waals surface area contributed by atoms with Gasteiger partial charge in [-0.25, -0.2) is 0 Å². The third-order valence-corrected chi connectivity index (χ3v) is 10.6. The van der Waals surface area contributed by atoms with E-state index in [0.29, 0.717) is 0 Å². The molecular weight excluding hydrogens is 577 g/mol. The second-order valence-corrected chi connectivity index (χ2v) is 13.2. The maximum Gasteiger partial charge on any atom is 0.136 e. The highest BCUT2D eigenvalue weighted by molar-refractivity contribution is 7.99. The maximum absolute atomic E-state index is 6.48. The van der Waals surface area contributed by atoms with E-state index >= 15 is 0 Å². The van der Waals surface area contributed by atoms with E-state index in [-0.39, 0.29) is 0 Å². The molecule has 10 rings (SSSR count). The van der Waals surface area contributed by atoms with Crippen molar-refractivity contribution in [2.24, 2.45) is 0 Å². The van der Waals surface area contributed by atoms with Gasteiger partial charge in [0.05, 0.1) is 0 Å². The van der Waals surface area contributed by atoms with E-state index in [1.165, 1.54) is 75.8 Å². The van der Waals surface area contributed by atoms with Crippen LogP contribution in [0, 0.1) is 0 Å². The number of benzene rings is 8. The highest BCUT2D eigenvalue weighted by Gasteiger charge is 2.21. The molecule has 0 saturated carbocycles. The zero-order chi connectivity index (χ0) is 30.2. The fourth-order valence-corrected chi connectivity index (χ4v) is 8.45. The monoisotopic (exact) mass is 602 g/mol. The molecule has 0 saturated heterocycles. The molecule has 0 radical (unpaired) electrons. The van der Waals surface area contributed by atoms with Crippen LogP contribution >= 0.6 is 11.8 Å². The first-order valence-corrected chi connectivity index (χ1v) is 16.5. The van der Waals surface area contributed by atoms with Crippen molar-refractivity contribution in [2.45, 2.75) is 9.79 Å². The van der Waals surface area contributed by atoms with E-state index in [1.54, 1.807) is 0 Å². The van der Waals surface area contributed by atoms with Crippen LogP contribution in [-0.4, -0.2) is 0 Å². The number of furan rings is 1. The molecule has 0 unspecified atom stereocenters. The summed E-state index contributed by atoms with van der Waals surface area (Å²) in [7, 11) is 0. The Balaban J connectivity index is 1.25.